The van der Waals surface area contributed by atoms with Crippen LogP contribution in [0, 0.1) is 5.82 Å². The van der Waals surface area contributed by atoms with Crippen molar-refractivity contribution in [2.75, 3.05) is 0 Å². The number of halogens is 1. The number of hydrogen-bond acceptors (Lipinski definition) is 1. The van der Waals surface area contributed by atoms with Crippen LogP contribution in [0.5, 0.6) is 0 Å². The first-order chi connectivity index (χ1) is 11.8. The molecular formula is C21H15FN2. The van der Waals surface area contributed by atoms with Gasteiger partial charge in [-0.25, -0.2) is 9.07 Å². The van der Waals surface area contributed by atoms with Crippen LogP contribution in [0.3, 0.4) is 0 Å². The van der Waals surface area contributed by atoms with Crippen LogP contribution < -0.4 is 0 Å². The second-order valence-electron chi connectivity index (χ2n) is 5.55. The normalized spacial score (nSPS) is 10.7. The Morgan fingerprint density at radius 3 is 2.08 bits per heavy atom. The van der Waals surface area contributed by atoms with Gasteiger partial charge in [-0.1, -0.05) is 60.7 Å². The number of aromatic nitrogens is 2. The van der Waals surface area contributed by atoms with E-state index >= 15 is 0 Å². The molecule has 0 aliphatic carbocycles. The van der Waals surface area contributed by atoms with Crippen molar-refractivity contribution in [1.29, 1.82) is 0 Å². The third kappa shape index (κ3) is 2.72. The van der Waals surface area contributed by atoms with Gasteiger partial charge in [0.2, 0.25) is 0 Å². The standard InChI is InChI=1S/C21H15FN2/c22-18-11-7-10-17(14-18)20-15-24(19-12-5-2-6-13-19)23-21(20)16-8-3-1-4-9-16/h1-15H. The largest absolute Gasteiger partial charge is 0.240 e. The molecule has 0 amide bonds. The Morgan fingerprint density at radius 2 is 1.38 bits per heavy atom. The van der Waals surface area contributed by atoms with Gasteiger partial charge in [-0.2, -0.15) is 5.10 Å². The molecule has 0 unspecified atom stereocenters. The highest BCUT2D eigenvalue weighted by Crippen LogP contribution is 2.32. The van der Waals surface area contributed by atoms with Gasteiger partial charge >= 0.3 is 0 Å². The summed E-state index contributed by atoms with van der Waals surface area (Å²) in [5.74, 6) is -0.251. The molecule has 0 bridgehead atoms. The maximum absolute atomic E-state index is 13.7. The van der Waals surface area contributed by atoms with Crippen molar-refractivity contribution in [2.45, 2.75) is 0 Å². The molecule has 3 aromatic carbocycles. The Labute approximate surface area is 139 Å². The number of para-hydroxylation sites is 1. The number of nitrogens with zero attached hydrogens (tertiary/aromatic N) is 2. The third-order valence-electron chi connectivity index (χ3n) is 3.92. The van der Waals surface area contributed by atoms with Gasteiger partial charge in [-0.3, -0.25) is 0 Å². The molecule has 0 N–H and O–H groups in total. The van der Waals surface area contributed by atoms with E-state index in [4.69, 9.17) is 5.10 Å². The molecule has 0 aliphatic heterocycles. The van der Waals surface area contributed by atoms with Crippen LogP contribution in [0.2, 0.25) is 0 Å². The summed E-state index contributed by atoms with van der Waals surface area (Å²) in [6.45, 7) is 0. The maximum atomic E-state index is 13.7. The lowest BCUT2D eigenvalue weighted by atomic mass is 10.0. The van der Waals surface area contributed by atoms with Gasteiger partial charge in [0.1, 0.15) is 11.5 Å². The van der Waals surface area contributed by atoms with Crippen LogP contribution >= 0.6 is 0 Å². The molecule has 0 fully saturated rings. The second-order valence-corrected chi connectivity index (χ2v) is 5.55. The van der Waals surface area contributed by atoms with Crippen molar-refractivity contribution in [3.63, 3.8) is 0 Å². The van der Waals surface area contributed by atoms with E-state index in [0.717, 1.165) is 28.1 Å². The molecule has 0 saturated heterocycles. The minimum Gasteiger partial charge on any atom is -0.240 e. The fraction of sp³-hybridized carbons (Fsp3) is 0. The third-order valence-corrected chi connectivity index (χ3v) is 3.92. The zero-order chi connectivity index (χ0) is 16.4. The average molecular weight is 314 g/mol. The van der Waals surface area contributed by atoms with E-state index in [9.17, 15) is 4.39 Å². The molecule has 1 heterocycles. The van der Waals surface area contributed by atoms with Crippen molar-refractivity contribution >= 4 is 0 Å². The van der Waals surface area contributed by atoms with Gasteiger partial charge in [-0.05, 0) is 29.8 Å². The molecule has 4 aromatic rings. The van der Waals surface area contributed by atoms with Crippen molar-refractivity contribution in [3.8, 4) is 28.1 Å². The average Bonchev–Trinajstić information content (AvgIpc) is 3.09. The number of benzene rings is 3. The van der Waals surface area contributed by atoms with Gasteiger partial charge in [0.15, 0.2) is 0 Å². The Morgan fingerprint density at radius 1 is 0.708 bits per heavy atom. The van der Waals surface area contributed by atoms with Gasteiger partial charge in [0.25, 0.3) is 0 Å². The van der Waals surface area contributed by atoms with E-state index in [1.54, 1.807) is 12.1 Å². The quantitative estimate of drug-likeness (QED) is 0.499. The molecule has 3 heteroatoms. The summed E-state index contributed by atoms with van der Waals surface area (Å²) in [5, 5.41) is 4.75. The van der Waals surface area contributed by atoms with E-state index in [2.05, 4.69) is 0 Å². The summed E-state index contributed by atoms with van der Waals surface area (Å²) in [7, 11) is 0. The first kappa shape index (κ1) is 14.4. The molecule has 0 aliphatic rings. The van der Waals surface area contributed by atoms with E-state index in [1.807, 2.05) is 77.6 Å². The molecule has 24 heavy (non-hydrogen) atoms. The first-order valence-electron chi connectivity index (χ1n) is 7.78. The Hall–Kier alpha value is -3.20. The lowest BCUT2D eigenvalue weighted by Crippen LogP contribution is -1.93. The van der Waals surface area contributed by atoms with Crippen LogP contribution in [0.4, 0.5) is 4.39 Å². The number of rotatable bonds is 3. The smallest absolute Gasteiger partial charge is 0.123 e. The molecule has 116 valence electrons. The lowest BCUT2D eigenvalue weighted by Gasteiger charge is -2.02. The molecule has 0 spiro atoms. The van der Waals surface area contributed by atoms with Crippen LogP contribution in [0.15, 0.2) is 91.1 Å². The zero-order valence-corrected chi connectivity index (χ0v) is 12.9. The SMILES string of the molecule is Fc1cccc(-c2cn(-c3ccccc3)nc2-c2ccccc2)c1. The minimum atomic E-state index is -0.251. The molecule has 4 rings (SSSR count). The van der Waals surface area contributed by atoms with Crippen LogP contribution in [0.25, 0.3) is 28.1 Å². The highest BCUT2D eigenvalue weighted by Gasteiger charge is 2.14. The van der Waals surface area contributed by atoms with E-state index in [0.29, 0.717) is 0 Å². The summed E-state index contributed by atoms with van der Waals surface area (Å²) in [6.07, 6.45) is 1.95. The van der Waals surface area contributed by atoms with E-state index in [-0.39, 0.29) is 5.82 Å². The Kier molecular flexibility index (Phi) is 3.67. The summed E-state index contributed by atoms with van der Waals surface area (Å²) >= 11 is 0. The van der Waals surface area contributed by atoms with Gasteiger partial charge < -0.3 is 0 Å². The second kappa shape index (κ2) is 6.13. The lowest BCUT2D eigenvalue weighted by molar-refractivity contribution is 0.628. The highest BCUT2D eigenvalue weighted by molar-refractivity contribution is 5.80. The topological polar surface area (TPSA) is 17.8 Å². The van der Waals surface area contributed by atoms with Gasteiger partial charge in [0, 0.05) is 17.3 Å². The summed E-state index contributed by atoms with van der Waals surface area (Å²) in [6, 6.07) is 26.5. The van der Waals surface area contributed by atoms with E-state index < -0.39 is 0 Å². The first-order valence-corrected chi connectivity index (χ1v) is 7.78. The minimum absolute atomic E-state index is 0.251. The predicted molar refractivity (Wildman–Crippen MR) is 94.4 cm³/mol. The number of hydrogen-bond donors (Lipinski definition) is 0. The van der Waals surface area contributed by atoms with Gasteiger partial charge in [-0.15, -0.1) is 0 Å². The fourth-order valence-corrected chi connectivity index (χ4v) is 2.76. The Bertz CT molecular complexity index is 960. The molecular weight excluding hydrogens is 299 g/mol. The van der Waals surface area contributed by atoms with Crippen molar-refractivity contribution in [3.05, 3.63) is 96.9 Å². The monoisotopic (exact) mass is 314 g/mol. The molecule has 0 saturated carbocycles. The highest BCUT2D eigenvalue weighted by atomic mass is 19.1. The van der Waals surface area contributed by atoms with Crippen molar-refractivity contribution < 1.29 is 4.39 Å². The Balaban J connectivity index is 1.92. The zero-order valence-electron chi connectivity index (χ0n) is 12.9. The molecule has 2 nitrogen and oxygen atoms in total. The summed E-state index contributed by atoms with van der Waals surface area (Å²) < 4.78 is 15.5. The summed E-state index contributed by atoms with van der Waals surface area (Å²) in [4.78, 5) is 0. The van der Waals surface area contributed by atoms with Crippen LogP contribution in [-0.4, -0.2) is 9.78 Å². The maximum Gasteiger partial charge on any atom is 0.123 e. The fourth-order valence-electron chi connectivity index (χ4n) is 2.76. The van der Waals surface area contributed by atoms with Gasteiger partial charge in [0.05, 0.1) is 5.69 Å². The molecule has 0 atom stereocenters. The molecule has 1 aromatic heterocycles. The van der Waals surface area contributed by atoms with E-state index in [1.165, 1.54) is 6.07 Å². The van der Waals surface area contributed by atoms with Crippen LogP contribution in [-0.2, 0) is 0 Å². The van der Waals surface area contributed by atoms with Crippen molar-refractivity contribution in [2.24, 2.45) is 0 Å². The van der Waals surface area contributed by atoms with Crippen molar-refractivity contribution in [1.82, 2.24) is 9.78 Å². The van der Waals surface area contributed by atoms with Crippen LogP contribution in [0.1, 0.15) is 0 Å². The molecule has 0 radical (unpaired) electrons. The predicted octanol–water partition coefficient (Wildman–Crippen LogP) is 5.35. The summed E-state index contributed by atoms with van der Waals surface area (Å²) in [5.41, 5.74) is 4.54.